The zero-order valence-electron chi connectivity index (χ0n) is 9.88. The van der Waals surface area contributed by atoms with Crippen LogP contribution in [0.2, 0.25) is 0 Å². The van der Waals surface area contributed by atoms with Crippen LogP contribution in [0.4, 0.5) is 24.2 Å². The van der Waals surface area contributed by atoms with Crippen molar-refractivity contribution in [2.24, 2.45) is 11.5 Å². The fraction of sp³-hybridized carbons (Fsp3) is 0.222. The fourth-order valence-electron chi connectivity index (χ4n) is 1.08. The molecule has 0 bridgehead atoms. The number of hydrogen-bond acceptors (Lipinski definition) is 2. The molecular weight excluding hydrogens is 293 g/mol. The molecule has 2 amide bonds. The molecule has 0 unspecified atom stereocenters. The summed E-state index contributed by atoms with van der Waals surface area (Å²) in [6.45, 7) is -0.350. The van der Waals surface area contributed by atoms with Crippen LogP contribution in [0.15, 0.2) is 29.2 Å². The van der Waals surface area contributed by atoms with Crippen LogP contribution in [0.25, 0.3) is 0 Å². The van der Waals surface area contributed by atoms with Gasteiger partial charge in [-0.15, -0.1) is 0 Å². The fourth-order valence-corrected chi connectivity index (χ4v) is 1.79. The highest BCUT2D eigenvalue weighted by Gasteiger charge is 2.65. The van der Waals surface area contributed by atoms with Crippen molar-refractivity contribution >= 4 is 16.3 Å². The highest BCUT2D eigenvalue weighted by Crippen LogP contribution is 3.02. The van der Waals surface area contributed by atoms with Crippen LogP contribution in [0, 0.1) is 0 Å². The van der Waals surface area contributed by atoms with Crippen molar-refractivity contribution < 1.29 is 24.2 Å². The number of carbonyl (C=O) groups is 1. The summed E-state index contributed by atoms with van der Waals surface area (Å²) >= 11 is 0. The van der Waals surface area contributed by atoms with E-state index in [0.717, 1.165) is 6.07 Å². The molecule has 0 spiro atoms. The van der Waals surface area contributed by atoms with E-state index < -0.39 is 21.2 Å². The van der Waals surface area contributed by atoms with Gasteiger partial charge in [0, 0.05) is 6.54 Å². The zero-order valence-corrected chi connectivity index (χ0v) is 10.7. The Kier molecular flexibility index (Phi) is 4.46. The molecule has 0 radical (unpaired) electrons. The van der Waals surface area contributed by atoms with E-state index in [4.69, 9.17) is 5.73 Å². The Labute approximate surface area is 106 Å². The summed E-state index contributed by atoms with van der Waals surface area (Å²) < 4.78 is 62.1. The normalized spacial score (nSPS) is 14.5. The van der Waals surface area contributed by atoms with Crippen molar-refractivity contribution in [2.75, 3.05) is 7.05 Å². The number of nitrogens with one attached hydrogen (secondary N) is 1. The lowest BCUT2D eigenvalue weighted by atomic mass is 10.2. The summed E-state index contributed by atoms with van der Waals surface area (Å²) in [6, 6.07) is 1.63. The van der Waals surface area contributed by atoms with Crippen LogP contribution in [0.5, 0.6) is 0 Å². The number of hydrogen-bond donors (Lipinski definition) is 3. The summed E-state index contributed by atoms with van der Waals surface area (Å²) in [7, 11) is -8.17. The maximum absolute atomic E-state index is 12.4. The predicted molar refractivity (Wildman–Crippen MR) is 64.4 cm³/mol. The molecule has 0 heterocycles. The Morgan fingerprint density at radius 3 is 2.16 bits per heavy atom. The van der Waals surface area contributed by atoms with Gasteiger partial charge in [0.25, 0.3) is 0 Å². The Bertz CT molecular complexity index is 462. The molecule has 0 saturated heterocycles. The second-order valence-electron chi connectivity index (χ2n) is 3.33. The van der Waals surface area contributed by atoms with Crippen LogP contribution in [0.1, 0.15) is 5.56 Å². The van der Waals surface area contributed by atoms with Crippen LogP contribution < -0.4 is 16.8 Å². The molecule has 1 aromatic carbocycles. The first-order valence-electron chi connectivity index (χ1n) is 4.82. The molecule has 0 aliphatic carbocycles. The van der Waals surface area contributed by atoms with Gasteiger partial charge in [0.15, 0.2) is 0 Å². The van der Waals surface area contributed by atoms with E-state index in [9.17, 15) is 24.2 Å². The molecule has 0 fully saturated rings. The number of primary amides is 1. The van der Waals surface area contributed by atoms with E-state index in [1.54, 1.807) is 0 Å². The number of amides is 2. The number of benzene rings is 1. The van der Waals surface area contributed by atoms with Gasteiger partial charge in [-0.3, -0.25) is 0 Å². The van der Waals surface area contributed by atoms with Gasteiger partial charge in [0.05, 0.1) is 0 Å². The highest BCUT2D eigenvalue weighted by atomic mass is 32.5. The SMILES string of the molecule is CN.NC(=O)NCc1cccc(S(F)(F)(F)(F)F)c1. The van der Waals surface area contributed by atoms with E-state index in [1.165, 1.54) is 13.1 Å². The minimum Gasteiger partial charge on any atom is -0.352 e. The monoisotopic (exact) mass is 307 g/mol. The summed E-state index contributed by atoms with van der Waals surface area (Å²) in [5.74, 6) is 0. The van der Waals surface area contributed by atoms with E-state index in [2.05, 4.69) is 5.73 Å². The maximum atomic E-state index is 12.4. The molecule has 0 aliphatic heterocycles. The third kappa shape index (κ3) is 6.25. The zero-order chi connectivity index (χ0) is 15.4. The number of carbonyl (C=O) groups excluding carboxylic acids is 1. The maximum Gasteiger partial charge on any atom is 0.312 e. The first kappa shape index (κ1) is 17.4. The number of nitrogens with two attached hydrogens (primary N) is 2. The first-order valence-corrected chi connectivity index (χ1v) is 6.78. The summed E-state index contributed by atoms with van der Waals surface area (Å²) in [5.41, 5.74) is 9.09. The lowest BCUT2D eigenvalue weighted by Gasteiger charge is -2.40. The van der Waals surface area contributed by atoms with E-state index in [1.807, 2.05) is 5.32 Å². The quantitative estimate of drug-likeness (QED) is 0.750. The van der Waals surface area contributed by atoms with Gasteiger partial charge >= 0.3 is 16.3 Å². The smallest absolute Gasteiger partial charge is 0.312 e. The van der Waals surface area contributed by atoms with Gasteiger partial charge in [0.1, 0.15) is 4.90 Å². The van der Waals surface area contributed by atoms with Crippen molar-refractivity contribution in [3.8, 4) is 0 Å². The van der Waals surface area contributed by atoms with Crippen molar-refractivity contribution in [1.29, 1.82) is 0 Å². The molecule has 112 valence electrons. The van der Waals surface area contributed by atoms with E-state index in [0.29, 0.717) is 0 Å². The summed E-state index contributed by atoms with van der Waals surface area (Å²) in [4.78, 5) is 8.34. The van der Waals surface area contributed by atoms with E-state index >= 15 is 0 Å². The number of rotatable bonds is 3. The lowest BCUT2D eigenvalue weighted by Crippen LogP contribution is -2.28. The lowest BCUT2D eigenvalue weighted by molar-refractivity contribution is 0.248. The molecular formula is C9H14F5N3OS. The van der Waals surface area contributed by atoms with Crippen molar-refractivity contribution in [1.82, 2.24) is 5.32 Å². The topological polar surface area (TPSA) is 81.1 Å². The minimum atomic E-state index is -9.67. The van der Waals surface area contributed by atoms with Crippen molar-refractivity contribution in [3.05, 3.63) is 29.8 Å². The molecule has 0 aliphatic rings. The van der Waals surface area contributed by atoms with Crippen LogP contribution in [-0.2, 0) is 6.54 Å². The van der Waals surface area contributed by atoms with Gasteiger partial charge in [-0.2, -0.15) is 0 Å². The average Bonchev–Trinajstić information content (AvgIpc) is 2.26. The molecule has 0 atom stereocenters. The standard InChI is InChI=1S/C8H9F5N2OS.CH5N/c9-17(10,11,12,13)7-3-1-2-6(4-7)5-15-8(14)16;1-2/h1-4H,5H2,(H3,14,15,16);2H2,1H3. The van der Waals surface area contributed by atoms with Gasteiger partial charge < -0.3 is 16.8 Å². The second-order valence-corrected chi connectivity index (χ2v) is 5.74. The summed E-state index contributed by atoms with van der Waals surface area (Å²) in [6.07, 6.45) is 0. The third-order valence-corrected chi connectivity index (χ3v) is 2.96. The van der Waals surface area contributed by atoms with Crippen LogP contribution >= 0.6 is 10.2 Å². The molecule has 1 rings (SSSR count). The van der Waals surface area contributed by atoms with Gasteiger partial charge in [-0.25, -0.2) is 4.79 Å². The van der Waals surface area contributed by atoms with Crippen molar-refractivity contribution in [2.45, 2.75) is 11.4 Å². The number of urea groups is 1. The van der Waals surface area contributed by atoms with Gasteiger partial charge in [0.2, 0.25) is 0 Å². The Balaban J connectivity index is 0.00000154. The molecule has 19 heavy (non-hydrogen) atoms. The van der Waals surface area contributed by atoms with Gasteiger partial charge in [-0.1, -0.05) is 31.6 Å². The minimum absolute atomic E-state index is 0.116. The second kappa shape index (κ2) is 4.85. The Morgan fingerprint density at radius 1 is 1.21 bits per heavy atom. The third-order valence-electron chi connectivity index (χ3n) is 1.81. The van der Waals surface area contributed by atoms with Crippen LogP contribution in [0.3, 0.4) is 0 Å². The summed E-state index contributed by atoms with van der Waals surface area (Å²) in [5, 5.41) is 2.01. The molecule has 0 aromatic heterocycles. The van der Waals surface area contributed by atoms with Crippen LogP contribution in [-0.4, -0.2) is 13.1 Å². The molecule has 1 aromatic rings. The van der Waals surface area contributed by atoms with E-state index in [-0.39, 0.29) is 24.2 Å². The highest BCUT2D eigenvalue weighted by molar-refractivity contribution is 8.45. The first-order chi connectivity index (χ1) is 8.38. The van der Waals surface area contributed by atoms with Gasteiger partial charge in [-0.05, 0) is 24.7 Å². The average molecular weight is 307 g/mol. The largest absolute Gasteiger partial charge is 0.352 e. The molecule has 10 heteroatoms. The molecule has 0 saturated carbocycles. The molecule has 5 N–H and O–H groups in total. The Morgan fingerprint density at radius 2 is 1.74 bits per heavy atom. The molecule has 4 nitrogen and oxygen atoms in total. The Hall–Kier alpha value is -1.55. The van der Waals surface area contributed by atoms with Crippen molar-refractivity contribution in [3.63, 3.8) is 0 Å². The number of halogens is 5. The predicted octanol–water partition coefficient (Wildman–Crippen LogP) is 3.09.